The SMILES string of the molecule is COC(=O)C1=C(C)N=c2sc(=Cc3ccc(-c4ccc(Br)cc4)o3)c(=O)n2[C@H]1c1ccc(OC)cc1OC. The number of hydrogen-bond acceptors (Lipinski definition) is 8. The largest absolute Gasteiger partial charge is 0.497 e. The molecule has 0 aliphatic carbocycles. The van der Waals surface area contributed by atoms with Crippen molar-refractivity contribution in [2.75, 3.05) is 21.3 Å². The van der Waals surface area contributed by atoms with Gasteiger partial charge in [-0.2, -0.15) is 0 Å². The lowest BCUT2D eigenvalue weighted by Crippen LogP contribution is -2.40. The standard InChI is InChI=1S/C28H23BrN2O6S/c1-15-24(27(33)36-4)25(20-11-9-18(34-2)13-22(20)35-3)31-26(32)23(38-28(31)30-15)14-19-10-12-21(37-19)16-5-7-17(29)8-6-16/h5-14,25H,1-4H3/t25-/m0/s1. The molecule has 1 aliphatic heterocycles. The number of nitrogens with zero attached hydrogens (tertiary/aromatic N) is 2. The highest BCUT2D eigenvalue weighted by Gasteiger charge is 2.35. The highest BCUT2D eigenvalue weighted by atomic mass is 79.9. The summed E-state index contributed by atoms with van der Waals surface area (Å²) in [4.78, 5) is 31.8. The molecule has 2 aromatic heterocycles. The minimum atomic E-state index is -0.809. The van der Waals surface area contributed by atoms with Gasteiger partial charge in [-0.1, -0.05) is 39.4 Å². The quantitative estimate of drug-likeness (QED) is 0.306. The van der Waals surface area contributed by atoms with Crippen LogP contribution in [-0.2, 0) is 9.53 Å². The van der Waals surface area contributed by atoms with Gasteiger partial charge >= 0.3 is 5.97 Å². The number of hydrogen-bond donors (Lipinski definition) is 0. The first-order chi connectivity index (χ1) is 18.3. The van der Waals surface area contributed by atoms with Crippen molar-refractivity contribution in [3.8, 4) is 22.8 Å². The van der Waals surface area contributed by atoms with Crippen molar-refractivity contribution >= 4 is 39.3 Å². The first-order valence-corrected chi connectivity index (χ1v) is 13.1. The second-order valence-electron chi connectivity index (χ2n) is 8.39. The molecule has 0 spiro atoms. The molecule has 38 heavy (non-hydrogen) atoms. The zero-order valence-corrected chi connectivity index (χ0v) is 23.4. The Morgan fingerprint density at radius 1 is 1.08 bits per heavy atom. The molecule has 0 saturated heterocycles. The lowest BCUT2D eigenvalue weighted by atomic mass is 9.95. The van der Waals surface area contributed by atoms with Gasteiger partial charge in [-0.05, 0) is 43.3 Å². The second-order valence-corrected chi connectivity index (χ2v) is 10.3. The number of furan rings is 1. The number of halogens is 1. The van der Waals surface area contributed by atoms with E-state index in [1.807, 2.05) is 36.4 Å². The van der Waals surface area contributed by atoms with Gasteiger partial charge in [-0.15, -0.1) is 0 Å². The predicted molar refractivity (Wildman–Crippen MR) is 147 cm³/mol. The predicted octanol–water partition coefficient (Wildman–Crippen LogP) is 4.45. The number of aromatic nitrogens is 1. The molecular weight excluding hydrogens is 572 g/mol. The molecule has 0 fully saturated rings. The summed E-state index contributed by atoms with van der Waals surface area (Å²) in [6.45, 7) is 1.73. The fraction of sp³-hybridized carbons (Fsp3) is 0.179. The Morgan fingerprint density at radius 3 is 2.53 bits per heavy atom. The Kier molecular flexibility index (Phi) is 7.09. The zero-order chi connectivity index (χ0) is 27.0. The van der Waals surface area contributed by atoms with Crippen molar-refractivity contribution in [1.82, 2.24) is 4.57 Å². The molecule has 3 heterocycles. The number of ether oxygens (including phenoxy) is 3. The molecule has 0 N–H and O–H groups in total. The molecule has 0 bridgehead atoms. The number of fused-ring (bicyclic) bond motifs is 1. The van der Waals surface area contributed by atoms with Crippen molar-refractivity contribution in [3.63, 3.8) is 0 Å². The minimum Gasteiger partial charge on any atom is -0.497 e. The molecule has 5 rings (SSSR count). The molecule has 1 atom stereocenters. The topological polar surface area (TPSA) is 92.3 Å². The third-order valence-corrected chi connectivity index (χ3v) is 7.70. The molecule has 4 aromatic rings. The fourth-order valence-corrected chi connectivity index (χ4v) is 5.65. The smallest absolute Gasteiger partial charge is 0.338 e. The molecule has 0 radical (unpaired) electrons. The summed E-state index contributed by atoms with van der Waals surface area (Å²) < 4.78 is 24.9. The van der Waals surface area contributed by atoms with Gasteiger partial charge in [0, 0.05) is 27.7 Å². The van der Waals surface area contributed by atoms with Crippen molar-refractivity contribution in [2.45, 2.75) is 13.0 Å². The van der Waals surface area contributed by atoms with Gasteiger partial charge < -0.3 is 18.6 Å². The molecular formula is C28H23BrN2O6S. The Hall–Kier alpha value is -3.89. The number of thiazole rings is 1. The van der Waals surface area contributed by atoms with Crippen molar-refractivity contribution < 1.29 is 23.4 Å². The van der Waals surface area contributed by atoms with Crippen molar-refractivity contribution in [2.24, 2.45) is 4.99 Å². The summed E-state index contributed by atoms with van der Waals surface area (Å²) in [5, 5.41) is 0. The van der Waals surface area contributed by atoms with Crippen LogP contribution in [0.25, 0.3) is 17.4 Å². The molecule has 2 aromatic carbocycles. The third-order valence-electron chi connectivity index (χ3n) is 6.19. The van der Waals surface area contributed by atoms with Crippen LogP contribution in [0.5, 0.6) is 11.5 Å². The number of carbonyl (C=O) groups is 1. The van der Waals surface area contributed by atoms with Crippen LogP contribution in [0.4, 0.5) is 0 Å². The van der Waals surface area contributed by atoms with Crippen molar-refractivity contribution in [3.05, 3.63) is 101 Å². The van der Waals surface area contributed by atoms with E-state index >= 15 is 0 Å². The van der Waals surface area contributed by atoms with E-state index in [0.29, 0.717) is 43.6 Å². The Labute approximate surface area is 230 Å². The van der Waals surface area contributed by atoms with E-state index in [1.54, 1.807) is 38.3 Å². The molecule has 8 nitrogen and oxygen atoms in total. The van der Waals surface area contributed by atoms with E-state index in [9.17, 15) is 9.59 Å². The molecule has 194 valence electrons. The highest BCUT2D eigenvalue weighted by Crippen LogP contribution is 2.37. The molecule has 0 saturated carbocycles. The van der Waals surface area contributed by atoms with Crippen molar-refractivity contribution in [1.29, 1.82) is 0 Å². The maximum atomic E-state index is 13.8. The van der Waals surface area contributed by atoms with E-state index in [0.717, 1.165) is 10.0 Å². The molecule has 0 amide bonds. The summed E-state index contributed by atoms with van der Waals surface area (Å²) in [5.74, 6) is 1.67. The lowest BCUT2D eigenvalue weighted by molar-refractivity contribution is -0.136. The average Bonchev–Trinajstić information content (AvgIpc) is 3.51. The lowest BCUT2D eigenvalue weighted by Gasteiger charge is -2.25. The summed E-state index contributed by atoms with van der Waals surface area (Å²) in [5.41, 5.74) is 1.92. The third kappa shape index (κ3) is 4.61. The molecule has 0 unspecified atom stereocenters. The van der Waals surface area contributed by atoms with E-state index in [1.165, 1.54) is 30.1 Å². The second kappa shape index (κ2) is 10.5. The van der Waals surface area contributed by atoms with E-state index < -0.39 is 12.0 Å². The van der Waals surface area contributed by atoms with E-state index in [4.69, 9.17) is 18.6 Å². The molecule has 1 aliphatic rings. The van der Waals surface area contributed by atoms with Crippen LogP contribution >= 0.6 is 27.3 Å². The van der Waals surface area contributed by atoms with E-state index in [-0.39, 0.29) is 11.1 Å². The number of rotatable bonds is 6. The van der Waals surface area contributed by atoms with Crippen LogP contribution in [0.1, 0.15) is 24.3 Å². The van der Waals surface area contributed by atoms with Gasteiger partial charge in [0.25, 0.3) is 5.56 Å². The van der Waals surface area contributed by atoms with Crippen LogP contribution < -0.4 is 24.4 Å². The summed E-state index contributed by atoms with van der Waals surface area (Å²) in [7, 11) is 4.38. The van der Waals surface area contributed by atoms with Gasteiger partial charge in [-0.3, -0.25) is 9.36 Å². The normalized spacial score (nSPS) is 15.2. The number of benzene rings is 2. The summed E-state index contributed by atoms with van der Waals surface area (Å²) in [6.07, 6.45) is 1.69. The van der Waals surface area contributed by atoms with Crippen LogP contribution in [0.15, 0.2) is 84.5 Å². The van der Waals surface area contributed by atoms with E-state index in [2.05, 4.69) is 20.9 Å². The monoisotopic (exact) mass is 594 g/mol. The van der Waals surface area contributed by atoms with Gasteiger partial charge in [0.05, 0.1) is 37.1 Å². The maximum Gasteiger partial charge on any atom is 0.338 e. The summed E-state index contributed by atoms with van der Waals surface area (Å²) in [6, 6.07) is 15.9. The first-order valence-electron chi connectivity index (χ1n) is 11.5. The first kappa shape index (κ1) is 25.7. The van der Waals surface area contributed by atoms with Crippen LogP contribution in [0, 0.1) is 0 Å². The van der Waals surface area contributed by atoms with Crippen LogP contribution in [0.3, 0.4) is 0 Å². The Morgan fingerprint density at radius 2 is 1.84 bits per heavy atom. The number of allylic oxidation sites excluding steroid dienone is 1. The Balaban J connectivity index is 1.67. The zero-order valence-electron chi connectivity index (χ0n) is 21.0. The van der Waals surface area contributed by atoms with Crippen LogP contribution in [-0.4, -0.2) is 31.9 Å². The number of esters is 1. The maximum absolute atomic E-state index is 13.8. The van der Waals surface area contributed by atoms with Gasteiger partial charge in [0.2, 0.25) is 0 Å². The summed E-state index contributed by atoms with van der Waals surface area (Å²) >= 11 is 4.65. The minimum absolute atomic E-state index is 0.255. The highest BCUT2D eigenvalue weighted by molar-refractivity contribution is 9.10. The fourth-order valence-electron chi connectivity index (χ4n) is 4.36. The van der Waals surface area contributed by atoms with Crippen LogP contribution in [0.2, 0.25) is 0 Å². The van der Waals surface area contributed by atoms with Gasteiger partial charge in [0.15, 0.2) is 4.80 Å². The average molecular weight is 595 g/mol. The Bertz CT molecular complexity index is 1750. The number of carbonyl (C=O) groups excluding carboxylic acids is 1. The number of methoxy groups -OCH3 is 3. The molecule has 10 heteroatoms. The van der Waals surface area contributed by atoms with Gasteiger partial charge in [0.1, 0.15) is 29.1 Å². The van der Waals surface area contributed by atoms with Gasteiger partial charge in [-0.25, -0.2) is 9.79 Å².